The molecule has 1 aromatic rings. The Morgan fingerprint density at radius 1 is 1.29 bits per heavy atom. The smallest absolute Gasteiger partial charge is 0.260 e. The monoisotopic (exact) mass is 409 g/mol. The molecule has 0 saturated carbocycles. The zero-order valence-electron chi connectivity index (χ0n) is 17.0. The number of amides is 1. The Bertz CT molecular complexity index is 852. The molecule has 4 rings (SSSR count). The van der Waals surface area contributed by atoms with E-state index in [0.29, 0.717) is 37.3 Å². The van der Waals surface area contributed by atoms with Gasteiger partial charge in [-0.1, -0.05) is 6.42 Å². The quantitative estimate of drug-likeness (QED) is 0.792. The van der Waals surface area contributed by atoms with Crippen molar-refractivity contribution in [3.05, 3.63) is 11.8 Å². The first-order valence-electron chi connectivity index (χ1n) is 10.3. The molecule has 3 saturated heterocycles. The third-order valence-electron chi connectivity index (χ3n) is 6.71. The summed E-state index contributed by atoms with van der Waals surface area (Å²) >= 11 is 0. The summed E-state index contributed by atoms with van der Waals surface area (Å²) in [7, 11) is -1.89. The maximum absolute atomic E-state index is 13.4. The fourth-order valence-corrected chi connectivity index (χ4v) is 7.28. The van der Waals surface area contributed by atoms with Crippen LogP contribution in [-0.4, -0.2) is 71.6 Å². The van der Waals surface area contributed by atoms with Crippen LogP contribution < -0.4 is 5.32 Å². The molecular formula is C19H31N5O3S. The first-order chi connectivity index (χ1) is 13.3. The molecule has 0 unspecified atom stereocenters. The van der Waals surface area contributed by atoms with E-state index >= 15 is 0 Å². The summed E-state index contributed by atoms with van der Waals surface area (Å²) in [6.45, 7) is 6.10. The number of aryl methyl sites for hydroxylation is 2. The second-order valence-electron chi connectivity index (χ2n) is 8.63. The van der Waals surface area contributed by atoms with E-state index in [4.69, 9.17) is 0 Å². The number of aromatic nitrogens is 2. The van der Waals surface area contributed by atoms with Crippen molar-refractivity contribution in [1.29, 1.82) is 0 Å². The number of rotatable bonds is 4. The molecule has 4 heterocycles. The highest BCUT2D eigenvalue weighted by Gasteiger charge is 2.49. The summed E-state index contributed by atoms with van der Waals surface area (Å²) in [6, 6.07) is 2.27. The van der Waals surface area contributed by atoms with Gasteiger partial charge in [0.1, 0.15) is 0 Å². The number of nitrogens with zero attached hydrogens (tertiary/aromatic N) is 4. The third-order valence-corrected chi connectivity index (χ3v) is 8.60. The Balaban J connectivity index is 1.62. The van der Waals surface area contributed by atoms with Gasteiger partial charge in [-0.2, -0.15) is 9.40 Å². The second kappa shape index (κ2) is 7.42. The number of carbonyl (C=O) groups is 1. The van der Waals surface area contributed by atoms with Gasteiger partial charge in [-0.05, 0) is 50.6 Å². The molecule has 28 heavy (non-hydrogen) atoms. The topological polar surface area (TPSA) is 87.5 Å². The van der Waals surface area contributed by atoms with E-state index in [1.807, 2.05) is 6.92 Å². The van der Waals surface area contributed by atoms with Gasteiger partial charge in [0.2, 0.25) is 5.91 Å². The average molecular weight is 410 g/mol. The first kappa shape index (κ1) is 19.8. The molecule has 4 atom stereocenters. The van der Waals surface area contributed by atoms with Gasteiger partial charge in [-0.25, -0.2) is 8.42 Å². The molecule has 0 aliphatic carbocycles. The molecule has 156 valence electrons. The highest BCUT2D eigenvalue weighted by Crippen LogP contribution is 2.42. The number of sulfonamides is 1. The van der Waals surface area contributed by atoms with Gasteiger partial charge >= 0.3 is 0 Å². The predicted molar refractivity (Wildman–Crippen MR) is 105 cm³/mol. The lowest BCUT2D eigenvalue weighted by Gasteiger charge is -2.56. The molecule has 1 N–H and O–H groups in total. The number of piperidine rings is 3. The number of nitrogens with one attached hydrogen (secondary N) is 1. The fraction of sp³-hybridized carbons (Fsp3) is 0.789. The van der Waals surface area contributed by atoms with E-state index in [1.54, 1.807) is 24.3 Å². The van der Waals surface area contributed by atoms with Gasteiger partial charge in [0, 0.05) is 45.7 Å². The first-order valence-corrected chi connectivity index (χ1v) is 11.7. The lowest BCUT2D eigenvalue weighted by Crippen LogP contribution is -2.66. The summed E-state index contributed by atoms with van der Waals surface area (Å²) < 4.78 is 29.9. The van der Waals surface area contributed by atoms with Crippen molar-refractivity contribution >= 4 is 15.9 Å². The van der Waals surface area contributed by atoms with Crippen molar-refractivity contribution in [2.45, 2.75) is 56.6 Å². The molecule has 1 aromatic heterocycles. The Morgan fingerprint density at radius 2 is 2.04 bits per heavy atom. The lowest BCUT2D eigenvalue weighted by molar-refractivity contribution is -0.120. The standard InChI is InChI=1S/C19H31N5O3S/c1-13-8-19(22(3)21-13)28(26,27)23-11-15-9-16(12-23)18(10-20-14(2)25)24-7-5-4-6-17(15)24/h8,15-18H,4-7,9-12H2,1-3H3,(H,20,25)/t15-,16+,17+,18+/m1/s1. The molecule has 3 aliphatic heterocycles. The summed E-state index contributed by atoms with van der Waals surface area (Å²) in [6.07, 6.45) is 4.54. The van der Waals surface area contributed by atoms with Gasteiger partial charge in [0.25, 0.3) is 10.0 Å². The maximum Gasteiger partial charge on any atom is 0.260 e. The van der Waals surface area contributed by atoms with Crippen LogP contribution >= 0.6 is 0 Å². The van der Waals surface area contributed by atoms with Crippen molar-refractivity contribution in [3.8, 4) is 0 Å². The Labute approximate surface area is 167 Å². The molecule has 8 nitrogen and oxygen atoms in total. The zero-order chi connectivity index (χ0) is 20.1. The second-order valence-corrected chi connectivity index (χ2v) is 10.5. The average Bonchev–Trinajstić information content (AvgIpc) is 3.00. The van der Waals surface area contributed by atoms with Crippen molar-refractivity contribution in [3.63, 3.8) is 0 Å². The van der Waals surface area contributed by atoms with Crippen LogP contribution in [0.4, 0.5) is 0 Å². The maximum atomic E-state index is 13.4. The van der Waals surface area contributed by atoms with E-state index in [-0.39, 0.29) is 22.9 Å². The highest BCUT2D eigenvalue weighted by molar-refractivity contribution is 7.89. The zero-order valence-corrected chi connectivity index (χ0v) is 17.8. The molecule has 9 heteroatoms. The van der Waals surface area contributed by atoms with Crippen LogP contribution in [0, 0.1) is 18.8 Å². The Hall–Kier alpha value is -1.45. The minimum absolute atomic E-state index is 0.0265. The van der Waals surface area contributed by atoms with Crippen LogP contribution in [0.2, 0.25) is 0 Å². The van der Waals surface area contributed by atoms with E-state index in [0.717, 1.165) is 19.4 Å². The van der Waals surface area contributed by atoms with Crippen molar-refractivity contribution in [1.82, 2.24) is 24.3 Å². The Morgan fingerprint density at radius 3 is 2.71 bits per heavy atom. The molecule has 0 spiro atoms. The summed E-state index contributed by atoms with van der Waals surface area (Å²) in [5, 5.41) is 7.48. The van der Waals surface area contributed by atoms with Crippen molar-refractivity contribution < 1.29 is 13.2 Å². The molecule has 0 radical (unpaired) electrons. The number of carbonyl (C=O) groups excluding carboxylic acids is 1. The summed E-state index contributed by atoms with van der Waals surface area (Å²) in [4.78, 5) is 14.1. The minimum atomic E-state index is -3.58. The van der Waals surface area contributed by atoms with E-state index < -0.39 is 10.0 Å². The van der Waals surface area contributed by atoms with E-state index in [9.17, 15) is 13.2 Å². The van der Waals surface area contributed by atoms with Crippen molar-refractivity contribution in [2.24, 2.45) is 18.9 Å². The third kappa shape index (κ3) is 3.48. The van der Waals surface area contributed by atoms with E-state index in [2.05, 4.69) is 15.3 Å². The van der Waals surface area contributed by atoms with Crippen LogP contribution in [-0.2, 0) is 21.9 Å². The molecule has 0 aromatic carbocycles. The SMILES string of the molecule is CC(=O)NC[C@H]1[C@H]2C[C@H](CN(S(=O)(=O)c3cc(C)nn3C)C2)[C@@H]2CCCCN21. The van der Waals surface area contributed by atoms with Crippen LogP contribution in [0.25, 0.3) is 0 Å². The molecular weight excluding hydrogens is 378 g/mol. The van der Waals surface area contributed by atoms with Crippen LogP contribution in [0.5, 0.6) is 0 Å². The largest absolute Gasteiger partial charge is 0.355 e. The van der Waals surface area contributed by atoms with E-state index in [1.165, 1.54) is 17.5 Å². The van der Waals surface area contributed by atoms with Gasteiger partial charge in [-0.3, -0.25) is 14.4 Å². The van der Waals surface area contributed by atoms with Gasteiger partial charge in [-0.15, -0.1) is 0 Å². The van der Waals surface area contributed by atoms with Gasteiger partial charge < -0.3 is 5.32 Å². The Kier molecular flexibility index (Phi) is 5.26. The van der Waals surface area contributed by atoms with Crippen molar-refractivity contribution in [2.75, 3.05) is 26.2 Å². The van der Waals surface area contributed by atoms with Crippen LogP contribution in [0.3, 0.4) is 0 Å². The van der Waals surface area contributed by atoms with Gasteiger partial charge in [0.05, 0.1) is 5.69 Å². The molecule has 1 amide bonds. The number of hydrogen-bond acceptors (Lipinski definition) is 5. The van der Waals surface area contributed by atoms with Gasteiger partial charge in [0.15, 0.2) is 5.03 Å². The lowest BCUT2D eigenvalue weighted by atomic mass is 9.73. The summed E-state index contributed by atoms with van der Waals surface area (Å²) in [5.41, 5.74) is 0.709. The fourth-order valence-electron chi connectivity index (χ4n) is 5.55. The highest BCUT2D eigenvalue weighted by atomic mass is 32.2. The number of fused-ring (bicyclic) bond motifs is 4. The predicted octanol–water partition coefficient (Wildman–Crippen LogP) is 0.728. The normalized spacial score (nSPS) is 31.4. The number of hydrogen-bond donors (Lipinski definition) is 1. The molecule has 2 bridgehead atoms. The van der Waals surface area contributed by atoms with Crippen LogP contribution in [0.1, 0.15) is 38.3 Å². The molecule has 3 fully saturated rings. The van der Waals surface area contributed by atoms with Crippen LogP contribution in [0.15, 0.2) is 11.1 Å². The minimum Gasteiger partial charge on any atom is -0.355 e. The molecule has 3 aliphatic rings. The summed E-state index contributed by atoms with van der Waals surface area (Å²) in [5.74, 6) is 0.571.